The molecule has 102 valence electrons. The van der Waals surface area contributed by atoms with Gasteiger partial charge < -0.3 is 5.32 Å². The van der Waals surface area contributed by atoms with E-state index in [9.17, 15) is 0 Å². The van der Waals surface area contributed by atoms with Crippen molar-refractivity contribution in [2.75, 3.05) is 7.05 Å². The molecular formula is C15H26N2S. The Morgan fingerprint density at radius 1 is 1.44 bits per heavy atom. The molecule has 0 spiro atoms. The van der Waals surface area contributed by atoms with Crippen molar-refractivity contribution in [1.29, 1.82) is 0 Å². The van der Waals surface area contributed by atoms with E-state index < -0.39 is 0 Å². The Bertz CT molecular complexity index is 399. The first-order chi connectivity index (χ1) is 8.51. The molecule has 2 nitrogen and oxygen atoms in total. The summed E-state index contributed by atoms with van der Waals surface area (Å²) in [6.45, 7) is 9.21. The summed E-state index contributed by atoms with van der Waals surface area (Å²) in [6.07, 6.45) is 3.88. The third-order valence-corrected chi connectivity index (χ3v) is 5.84. The van der Waals surface area contributed by atoms with Gasteiger partial charge in [0.25, 0.3) is 0 Å². The van der Waals surface area contributed by atoms with E-state index >= 15 is 0 Å². The molecule has 1 heterocycles. The monoisotopic (exact) mass is 266 g/mol. The molecule has 0 saturated heterocycles. The molecule has 0 aliphatic heterocycles. The molecule has 3 unspecified atom stereocenters. The summed E-state index contributed by atoms with van der Waals surface area (Å²) in [4.78, 5) is 4.92. The second-order valence-electron chi connectivity index (χ2n) is 6.11. The number of rotatable bonds is 3. The molecule has 1 aromatic rings. The van der Waals surface area contributed by atoms with Crippen LogP contribution in [0.1, 0.15) is 63.6 Å². The second kappa shape index (κ2) is 5.30. The van der Waals surface area contributed by atoms with Gasteiger partial charge in [-0.25, -0.2) is 4.98 Å². The maximum Gasteiger partial charge on any atom is 0.113 e. The van der Waals surface area contributed by atoms with Crippen LogP contribution in [0.25, 0.3) is 0 Å². The first kappa shape index (κ1) is 14.0. The van der Waals surface area contributed by atoms with E-state index in [0.717, 1.165) is 5.92 Å². The number of nitrogens with zero attached hydrogens (tertiary/aromatic N) is 1. The Hall–Kier alpha value is -0.410. The van der Waals surface area contributed by atoms with Gasteiger partial charge in [0, 0.05) is 5.38 Å². The number of thiazole rings is 1. The highest BCUT2D eigenvalue weighted by atomic mass is 32.1. The van der Waals surface area contributed by atoms with E-state index in [1.165, 1.54) is 30.0 Å². The van der Waals surface area contributed by atoms with E-state index in [4.69, 9.17) is 4.98 Å². The summed E-state index contributed by atoms with van der Waals surface area (Å²) in [5.41, 5.74) is 1.35. The molecular weight excluding hydrogens is 240 g/mol. The average molecular weight is 266 g/mol. The first-order valence-electron chi connectivity index (χ1n) is 7.16. The van der Waals surface area contributed by atoms with Gasteiger partial charge in [-0.15, -0.1) is 11.3 Å². The topological polar surface area (TPSA) is 24.9 Å². The zero-order valence-corrected chi connectivity index (χ0v) is 13.1. The van der Waals surface area contributed by atoms with Gasteiger partial charge in [0.2, 0.25) is 0 Å². The number of aromatic nitrogens is 1. The predicted molar refractivity (Wildman–Crippen MR) is 79.1 cm³/mol. The van der Waals surface area contributed by atoms with Crippen LogP contribution >= 0.6 is 11.3 Å². The standard InChI is InChI=1S/C15H26N2S/c1-10(2)13-9-18-14(17-13)15(16-5)8-6-7-11(3)12(15)4/h9-12,16H,6-8H2,1-5H3. The lowest BCUT2D eigenvalue weighted by molar-refractivity contribution is 0.111. The lowest BCUT2D eigenvalue weighted by Crippen LogP contribution is -2.50. The maximum atomic E-state index is 4.92. The Morgan fingerprint density at radius 2 is 2.17 bits per heavy atom. The van der Waals surface area contributed by atoms with Crippen molar-refractivity contribution >= 4 is 11.3 Å². The van der Waals surface area contributed by atoms with Gasteiger partial charge in [0.05, 0.1) is 11.2 Å². The van der Waals surface area contributed by atoms with Crippen LogP contribution < -0.4 is 5.32 Å². The molecule has 1 fully saturated rings. The van der Waals surface area contributed by atoms with Gasteiger partial charge in [-0.1, -0.05) is 40.5 Å². The van der Waals surface area contributed by atoms with Gasteiger partial charge in [-0.05, 0) is 31.2 Å². The minimum atomic E-state index is 0.107. The molecule has 1 aliphatic carbocycles. The molecule has 2 rings (SSSR count). The van der Waals surface area contributed by atoms with E-state index in [1.54, 1.807) is 0 Å². The highest BCUT2D eigenvalue weighted by molar-refractivity contribution is 7.09. The molecule has 1 aliphatic rings. The highest BCUT2D eigenvalue weighted by Gasteiger charge is 2.43. The number of hydrogen-bond acceptors (Lipinski definition) is 3. The Morgan fingerprint density at radius 3 is 2.72 bits per heavy atom. The lowest BCUT2D eigenvalue weighted by Gasteiger charge is -2.44. The quantitative estimate of drug-likeness (QED) is 0.889. The molecule has 18 heavy (non-hydrogen) atoms. The smallest absolute Gasteiger partial charge is 0.113 e. The van der Waals surface area contributed by atoms with Crippen molar-refractivity contribution in [1.82, 2.24) is 10.3 Å². The number of hydrogen-bond donors (Lipinski definition) is 1. The predicted octanol–water partition coefficient (Wildman–Crippen LogP) is 4.14. The SMILES string of the molecule is CNC1(c2nc(C(C)C)cs2)CCCC(C)C1C. The van der Waals surface area contributed by atoms with Gasteiger partial charge in [-0.3, -0.25) is 0 Å². The van der Waals surface area contributed by atoms with Crippen LogP contribution in [-0.2, 0) is 5.54 Å². The lowest BCUT2D eigenvalue weighted by atomic mass is 9.68. The van der Waals surface area contributed by atoms with Crippen LogP contribution in [0.3, 0.4) is 0 Å². The second-order valence-corrected chi connectivity index (χ2v) is 6.97. The third-order valence-electron chi connectivity index (χ3n) is 4.80. The largest absolute Gasteiger partial charge is 0.308 e. The Kier molecular flexibility index (Phi) is 4.12. The third kappa shape index (κ3) is 2.23. The molecule has 1 N–H and O–H groups in total. The van der Waals surface area contributed by atoms with E-state index in [2.05, 4.69) is 45.4 Å². The molecule has 0 radical (unpaired) electrons. The van der Waals surface area contributed by atoms with Crippen molar-refractivity contribution < 1.29 is 0 Å². The van der Waals surface area contributed by atoms with Crippen LogP contribution in [0.15, 0.2) is 5.38 Å². The zero-order chi connectivity index (χ0) is 13.3. The minimum Gasteiger partial charge on any atom is -0.308 e. The van der Waals surface area contributed by atoms with Crippen LogP contribution in [-0.4, -0.2) is 12.0 Å². The normalized spacial score (nSPS) is 33.0. The fourth-order valence-corrected chi connectivity index (χ4v) is 4.50. The number of nitrogens with one attached hydrogen (secondary N) is 1. The maximum absolute atomic E-state index is 4.92. The minimum absolute atomic E-state index is 0.107. The van der Waals surface area contributed by atoms with Gasteiger partial charge in [0.1, 0.15) is 5.01 Å². The fourth-order valence-electron chi connectivity index (χ4n) is 3.18. The summed E-state index contributed by atoms with van der Waals surface area (Å²) in [6, 6.07) is 0. The van der Waals surface area contributed by atoms with Crippen molar-refractivity contribution in [3.63, 3.8) is 0 Å². The first-order valence-corrected chi connectivity index (χ1v) is 8.04. The van der Waals surface area contributed by atoms with E-state index in [1.807, 2.05) is 11.3 Å². The fraction of sp³-hybridized carbons (Fsp3) is 0.800. The molecule has 1 saturated carbocycles. The molecule has 3 heteroatoms. The molecule has 1 aromatic heterocycles. The van der Waals surface area contributed by atoms with Gasteiger partial charge >= 0.3 is 0 Å². The molecule has 3 atom stereocenters. The molecule has 0 bridgehead atoms. The van der Waals surface area contributed by atoms with Crippen LogP contribution in [0, 0.1) is 11.8 Å². The summed E-state index contributed by atoms with van der Waals surface area (Å²) in [7, 11) is 2.10. The Balaban J connectivity index is 2.35. The summed E-state index contributed by atoms with van der Waals surface area (Å²) in [5, 5.41) is 7.15. The van der Waals surface area contributed by atoms with E-state index in [0.29, 0.717) is 11.8 Å². The zero-order valence-electron chi connectivity index (χ0n) is 12.3. The van der Waals surface area contributed by atoms with Crippen molar-refractivity contribution in [2.45, 2.75) is 58.4 Å². The molecule has 0 aromatic carbocycles. The van der Waals surface area contributed by atoms with Crippen molar-refractivity contribution in [3.05, 3.63) is 16.1 Å². The average Bonchev–Trinajstić information content (AvgIpc) is 2.83. The highest BCUT2D eigenvalue weighted by Crippen LogP contribution is 2.45. The summed E-state index contributed by atoms with van der Waals surface area (Å²) in [5.74, 6) is 1.96. The van der Waals surface area contributed by atoms with Crippen LogP contribution in [0.4, 0.5) is 0 Å². The van der Waals surface area contributed by atoms with Crippen LogP contribution in [0.2, 0.25) is 0 Å². The van der Waals surface area contributed by atoms with E-state index in [-0.39, 0.29) is 5.54 Å². The summed E-state index contributed by atoms with van der Waals surface area (Å²) < 4.78 is 0. The molecule has 0 amide bonds. The summed E-state index contributed by atoms with van der Waals surface area (Å²) >= 11 is 1.84. The van der Waals surface area contributed by atoms with Crippen LogP contribution in [0.5, 0.6) is 0 Å². The van der Waals surface area contributed by atoms with Gasteiger partial charge in [0.15, 0.2) is 0 Å². The van der Waals surface area contributed by atoms with Crippen molar-refractivity contribution in [2.24, 2.45) is 11.8 Å². The van der Waals surface area contributed by atoms with Crippen molar-refractivity contribution in [3.8, 4) is 0 Å². The van der Waals surface area contributed by atoms with Gasteiger partial charge in [-0.2, -0.15) is 0 Å². The Labute approximate surface area is 115 Å².